The first-order chi connectivity index (χ1) is 8.69. The van der Waals surface area contributed by atoms with Crippen LogP contribution in [0.25, 0.3) is 0 Å². The monoisotopic (exact) mass is 350 g/mol. The molecular weight excluding hydrogens is 332 g/mol. The summed E-state index contributed by atoms with van der Waals surface area (Å²) in [6.07, 6.45) is 2.68. The van der Waals surface area contributed by atoms with Crippen LogP contribution in [0.1, 0.15) is 24.6 Å². The summed E-state index contributed by atoms with van der Waals surface area (Å²) < 4.78 is 1.89. The highest BCUT2D eigenvalue weighted by Gasteiger charge is 2.17. The maximum Gasteiger partial charge on any atom is 0.107 e. The van der Waals surface area contributed by atoms with Crippen molar-refractivity contribution >= 4 is 38.9 Å². The van der Waals surface area contributed by atoms with Gasteiger partial charge in [0.15, 0.2) is 0 Å². The van der Waals surface area contributed by atoms with Crippen molar-refractivity contribution < 1.29 is 0 Å². The molecule has 0 radical (unpaired) electrons. The number of thiophene rings is 1. The largest absolute Gasteiger partial charge is 0.316 e. The minimum absolute atomic E-state index is 0.803. The summed E-state index contributed by atoms with van der Waals surface area (Å²) in [7, 11) is 0. The third-order valence-corrected chi connectivity index (χ3v) is 5.90. The summed E-state index contributed by atoms with van der Waals surface area (Å²) >= 11 is 11.2. The zero-order chi connectivity index (χ0) is 13.0. The van der Waals surface area contributed by atoms with Gasteiger partial charge in [-0.1, -0.05) is 18.5 Å². The van der Waals surface area contributed by atoms with E-state index in [1.54, 1.807) is 11.3 Å². The van der Waals surface area contributed by atoms with Gasteiger partial charge in [-0.05, 0) is 60.4 Å². The molecule has 1 unspecified atom stereocenters. The summed E-state index contributed by atoms with van der Waals surface area (Å²) in [4.78, 5) is 3.87. The molecule has 0 spiro atoms. The summed E-state index contributed by atoms with van der Waals surface area (Å²) in [5.74, 6) is 0.803. The fourth-order valence-electron chi connectivity index (χ4n) is 2.44. The van der Waals surface area contributed by atoms with Crippen LogP contribution in [0.3, 0.4) is 0 Å². The smallest absolute Gasteiger partial charge is 0.107 e. The van der Waals surface area contributed by atoms with E-state index in [1.165, 1.54) is 37.4 Å². The Morgan fingerprint density at radius 2 is 2.44 bits per heavy atom. The highest BCUT2D eigenvalue weighted by atomic mass is 79.9. The lowest BCUT2D eigenvalue weighted by molar-refractivity contribution is 0.211. The molecule has 2 heterocycles. The molecule has 0 saturated carbocycles. The Hall–Kier alpha value is 0.390. The van der Waals surface area contributed by atoms with Crippen molar-refractivity contribution in [2.45, 2.75) is 26.3 Å². The van der Waals surface area contributed by atoms with Crippen molar-refractivity contribution in [1.29, 1.82) is 0 Å². The van der Waals surface area contributed by atoms with Gasteiger partial charge in [0.2, 0.25) is 0 Å². The Labute approximate surface area is 127 Å². The molecule has 1 fully saturated rings. The molecule has 0 amide bonds. The topological polar surface area (TPSA) is 15.3 Å². The lowest BCUT2D eigenvalue weighted by atomic mass is 9.99. The number of hydrogen-bond acceptors (Lipinski definition) is 3. The second kappa shape index (κ2) is 7.25. The zero-order valence-electron chi connectivity index (χ0n) is 10.7. The number of nitrogens with one attached hydrogen (secondary N) is 1. The Kier molecular flexibility index (Phi) is 5.96. The molecule has 2 nitrogen and oxygen atoms in total. The van der Waals surface area contributed by atoms with E-state index < -0.39 is 0 Å². The van der Waals surface area contributed by atoms with Gasteiger partial charge in [-0.3, -0.25) is 4.90 Å². The number of nitrogens with zero attached hydrogens (tertiary/aromatic N) is 1. The van der Waals surface area contributed by atoms with Gasteiger partial charge in [0.05, 0.1) is 0 Å². The molecule has 2 rings (SSSR count). The second-order valence-electron chi connectivity index (χ2n) is 4.87. The molecule has 0 bridgehead atoms. The molecule has 0 aliphatic carbocycles. The Morgan fingerprint density at radius 1 is 1.61 bits per heavy atom. The van der Waals surface area contributed by atoms with Gasteiger partial charge in [-0.25, -0.2) is 0 Å². The highest BCUT2D eigenvalue weighted by molar-refractivity contribution is 9.10. The predicted octanol–water partition coefficient (Wildman–Crippen LogP) is 3.99. The minimum atomic E-state index is 0.803. The lowest BCUT2D eigenvalue weighted by Crippen LogP contribution is -2.37. The average Bonchev–Trinajstić information content (AvgIpc) is 2.69. The fourth-order valence-corrected chi connectivity index (χ4v) is 4.27. The third-order valence-electron chi connectivity index (χ3n) is 3.44. The van der Waals surface area contributed by atoms with Crippen molar-refractivity contribution in [3.05, 3.63) is 19.8 Å². The van der Waals surface area contributed by atoms with Crippen molar-refractivity contribution in [2.75, 3.05) is 26.2 Å². The van der Waals surface area contributed by atoms with Crippen LogP contribution in [0.4, 0.5) is 0 Å². The molecule has 1 atom stereocenters. The maximum absolute atomic E-state index is 6.09. The molecule has 1 aliphatic rings. The first kappa shape index (κ1) is 14.8. The lowest BCUT2D eigenvalue weighted by Gasteiger charge is -2.29. The van der Waals surface area contributed by atoms with Crippen LogP contribution in [0.15, 0.2) is 10.5 Å². The number of hydrogen-bond donors (Lipinski definition) is 1. The van der Waals surface area contributed by atoms with Crippen molar-refractivity contribution in [3.8, 4) is 0 Å². The van der Waals surface area contributed by atoms with E-state index in [1.807, 2.05) is 0 Å². The fraction of sp³-hybridized carbons (Fsp3) is 0.692. The summed E-state index contributed by atoms with van der Waals surface area (Å²) in [5, 5.41) is 3.49. The van der Waals surface area contributed by atoms with Crippen molar-refractivity contribution in [2.24, 2.45) is 5.92 Å². The van der Waals surface area contributed by atoms with Crippen LogP contribution in [0.2, 0.25) is 4.34 Å². The molecule has 102 valence electrons. The predicted molar refractivity (Wildman–Crippen MR) is 83.6 cm³/mol. The van der Waals surface area contributed by atoms with Crippen LogP contribution in [-0.4, -0.2) is 31.1 Å². The summed E-state index contributed by atoms with van der Waals surface area (Å²) in [5.41, 5.74) is 0. The Balaban J connectivity index is 1.88. The van der Waals surface area contributed by atoms with Crippen molar-refractivity contribution in [3.63, 3.8) is 0 Å². The van der Waals surface area contributed by atoms with Crippen LogP contribution in [-0.2, 0) is 6.54 Å². The van der Waals surface area contributed by atoms with E-state index in [2.05, 4.69) is 39.1 Å². The number of halogens is 2. The normalized spacial score (nSPS) is 20.6. The third kappa shape index (κ3) is 4.20. The number of rotatable bonds is 5. The quantitative estimate of drug-likeness (QED) is 0.863. The summed E-state index contributed by atoms with van der Waals surface area (Å²) in [6.45, 7) is 7.91. The van der Waals surface area contributed by atoms with E-state index in [9.17, 15) is 0 Å². The molecule has 0 aromatic carbocycles. The van der Waals surface area contributed by atoms with Crippen molar-refractivity contribution in [1.82, 2.24) is 10.2 Å². The van der Waals surface area contributed by atoms with Gasteiger partial charge < -0.3 is 5.32 Å². The molecule has 1 aromatic rings. The first-order valence-electron chi connectivity index (χ1n) is 6.55. The number of piperidine rings is 1. The van der Waals surface area contributed by atoms with E-state index in [4.69, 9.17) is 11.6 Å². The Bertz CT molecular complexity index is 358. The molecule has 1 aliphatic heterocycles. The van der Waals surface area contributed by atoms with Gasteiger partial charge in [0, 0.05) is 22.4 Å². The second-order valence-corrected chi connectivity index (χ2v) is 7.47. The van der Waals surface area contributed by atoms with Gasteiger partial charge >= 0.3 is 0 Å². The Morgan fingerprint density at radius 3 is 3.00 bits per heavy atom. The maximum atomic E-state index is 6.09. The standard InChI is InChI=1S/C13H20BrClN2S/c1-2-17(8-10-4-3-5-16-7-10)9-11-6-12(14)13(15)18-11/h6,10,16H,2-5,7-9H2,1H3. The van der Waals surface area contributed by atoms with Crippen LogP contribution < -0.4 is 5.32 Å². The van der Waals surface area contributed by atoms with Gasteiger partial charge in [-0.15, -0.1) is 11.3 Å². The molecule has 18 heavy (non-hydrogen) atoms. The van der Waals surface area contributed by atoms with Gasteiger partial charge in [0.1, 0.15) is 4.34 Å². The van der Waals surface area contributed by atoms with E-state index in [0.29, 0.717) is 0 Å². The molecule has 5 heteroatoms. The summed E-state index contributed by atoms with van der Waals surface area (Å²) in [6, 6.07) is 2.15. The zero-order valence-corrected chi connectivity index (χ0v) is 13.9. The SMILES string of the molecule is CCN(Cc1cc(Br)c(Cl)s1)CC1CCCNC1. The highest BCUT2D eigenvalue weighted by Crippen LogP contribution is 2.32. The average molecular weight is 352 g/mol. The van der Waals surface area contributed by atoms with Crippen LogP contribution in [0, 0.1) is 5.92 Å². The van der Waals surface area contributed by atoms with Gasteiger partial charge in [-0.2, -0.15) is 0 Å². The van der Waals surface area contributed by atoms with E-state index in [-0.39, 0.29) is 0 Å². The van der Waals surface area contributed by atoms with E-state index in [0.717, 1.165) is 27.8 Å². The van der Waals surface area contributed by atoms with Gasteiger partial charge in [0.25, 0.3) is 0 Å². The molecule has 1 saturated heterocycles. The van der Waals surface area contributed by atoms with Crippen LogP contribution >= 0.6 is 38.9 Å². The minimum Gasteiger partial charge on any atom is -0.316 e. The molecule has 1 aromatic heterocycles. The van der Waals surface area contributed by atoms with Crippen LogP contribution in [0.5, 0.6) is 0 Å². The van der Waals surface area contributed by atoms with E-state index >= 15 is 0 Å². The first-order valence-corrected chi connectivity index (χ1v) is 8.54. The molecule has 1 N–H and O–H groups in total. The molecular formula is C13H20BrClN2S.